The molecule has 1 heterocycles. The lowest BCUT2D eigenvalue weighted by atomic mass is 9.78. The monoisotopic (exact) mass is 346 g/mol. The van der Waals surface area contributed by atoms with Gasteiger partial charge in [-0.2, -0.15) is 0 Å². The van der Waals surface area contributed by atoms with Crippen LogP contribution in [0.15, 0.2) is 41.0 Å². The Hall–Kier alpha value is -1.75. The highest BCUT2D eigenvalue weighted by atomic mass is 79.9. The molecule has 1 aromatic carbocycles. The van der Waals surface area contributed by atoms with E-state index in [2.05, 4.69) is 38.0 Å². The molecule has 1 aliphatic rings. The topological polar surface area (TPSA) is 63.1 Å². The van der Waals surface area contributed by atoms with Crippen LogP contribution in [0.1, 0.15) is 47.6 Å². The number of hydrogen-bond donors (Lipinski definition) is 1. The van der Waals surface area contributed by atoms with Crippen molar-refractivity contribution in [2.75, 3.05) is 0 Å². The highest BCUT2D eigenvalue weighted by Gasteiger charge is 2.40. The van der Waals surface area contributed by atoms with E-state index in [0.29, 0.717) is 10.3 Å². The fraction of sp³-hybridized carbons (Fsp3) is 0.312. The Kier molecular flexibility index (Phi) is 3.76. The largest absolute Gasteiger partial charge is 0.476 e. The number of rotatable bonds is 3. The van der Waals surface area contributed by atoms with E-state index >= 15 is 0 Å². The zero-order valence-corrected chi connectivity index (χ0v) is 13.0. The fourth-order valence-corrected chi connectivity index (χ4v) is 3.49. The maximum absolute atomic E-state index is 11.3. The van der Waals surface area contributed by atoms with Crippen LogP contribution in [0.2, 0.25) is 0 Å². The molecule has 0 atom stereocenters. The summed E-state index contributed by atoms with van der Waals surface area (Å²) in [5, 5.41) is 9.27. The van der Waals surface area contributed by atoms with Crippen molar-refractivity contribution in [2.45, 2.75) is 31.1 Å². The maximum atomic E-state index is 11.3. The molecule has 0 amide bonds. The number of benzene rings is 1. The van der Waals surface area contributed by atoms with Crippen molar-refractivity contribution < 1.29 is 9.90 Å². The van der Waals surface area contributed by atoms with Gasteiger partial charge in [0.25, 0.3) is 0 Å². The second-order valence-corrected chi connectivity index (χ2v) is 6.20. The van der Waals surface area contributed by atoms with Gasteiger partial charge < -0.3 is 5.11 Å². The third-order valence-corrected chi connectivity index (χ3v) is 4.74. The summed E-state index contributed by atoms with van der Waals surface area (Å²) in [5.74, 6) is -0.418. The van der Waals surface area contributed by atoms with Gasteiger partial charge in [-0.25, -0.2) is 14.8 Å². The van der Waals surface area contributed by atoms with Gasteiger partial charge in [0, 0.05) is 6.20 Å². The van der Waals surface area contributed by atoms with Gasteiger partial charge in [0.15, 0.2) is 5.69 Å². The Labute approximate surface area is 131 Å². The quantitative estimate of drug-likeness (QED) is 0.917. The van der Waals surface area contributed by atoms with Crippen LogP contribution in [0.25, 0.3) is 0 Å². The van der Waals surface area contributed by atoms with Crippen LogP contribution in [0, 0.1) is 0 Å². The Morgan fingerprint density at radius 3 is 2.48 bits per heavy atom. The summed E-state index contributed by atoms with van der Waals surface area (Å²) in [7, 11) is 0. The highest BCUT2D eigenvalue weighted by molar-refractivity contribution is 9.10. The molecule has 0 radical (unpaired) electrons. The minimum atomic E-state index is -1.04. The van der Waals surface area contributed by atoms with Crippen molar-refractivity contribution in [3.8, 4) is 0 Å². The Morgan fingerprint density at radius 1 is 1.19 bits per heavy atom. The standard InChI is InChI=1S/C16H15BrN2O2/c17-12-10-18-15(19-13(12)14(20)21)16(8-4-5-9-16)11-6-2-1-3-7-11/h1-3,6-7,10H,4-5,8-9H2,(H,20,21). The highest BCUT2D eigenvalue weighted by Crippen LogP contribution is 2.45. The number of carboxylic acid groups (broad SMARTS) is 1. The van der Waals surface area contributed by atoms with Crippen LogP contribution in [-0.2, 0) is 5.41 Å². The van der Waals surface area contributed by atoms with Crippen molar-refractivity contribution in [1.82, 2.24) is 9.97 Å². The molecule has 0 saturated heterocycles. The van der Waals surface area contributed by atoms with Crippen LogP contribution < -0.4 is 0 Å². The van der Waals surface area contributed by atoms with Crippen molar-refractivity contribution in [3.05, 3.63) is 58.1 Å². The molecule has 1 N–H and O–H groups in total. The molecule has 1 fully saturated rings. The number of hydrogen-bond acceptors (Lipinski definition) is 3. The molecule has 21 heavy (non-hydrogen) atoms. The number of aromatic nitrogens is 2. The van der Waals surface area contributed by atoms with Crippen molar-refractivity contribution in [2.24, 2.45) is 0 Å². The lowest BCUT2D eigenvalue weighted by Gasteiger charge is -2.28. The molecule has 1 aliphatic carbocycles. The lowest BCUT2D eigenvalue weighted by Crippen LogP contribution is -2.27. The molecular formula is C16H15BrN2O2. The summed E-state index contributed by atoms with van der Waals surface area (Å²) in [6.45, 7) is 0. The van der Waals surface area contributed by atoms with Gasteiger partial charge >= 0.3 is 5.97 Å². The van der Waals surface area contributed by atoms with Crippen molar-refractivity contribution in [3.63, 3.8) is 0 Å². The van der Waals surface area contributed by atoms with E-state index < -0.39 is 5.97 Å². The van der Waals surface area contributed by atoms with Crippen LogP contribution in [0.4, 0.5) is 0 Å². The van der Waals surface area contributed by atoms with Gasteiger partial charge in [-0.05, 0) is 34.3 Å². The van der Waals surface area contributed by atoms with Crippen LogP contribution >= 0.6 is 15.9 Å². The summed E-state index contributed by atoms with van der Waals surface area (Å²) < 4.78 is 0.417. The Balaban J connectivity index is 2.15. The normalized spacial score (nSPS) is 16.8. The summed E-state index contributed by atoms with van der Waals surface area (Å²) in [6, 6.07) is 10.2. The molecule has 3 rings (SSSR count). The molecule has 0 aliphatic heterocycles. The predicted octanol–water partition coefficient (Wildman–Crippen LogP) is 3.80. The molecular weight excluding hydrogens is 332 g/mol. The van der Waals surface area contributed by atoms with Gasteiger partial charge in [-0.3, -0.25) is 0 Å². The lowest BCUT2D eigenvalue weighted by molar-refractivity contribution is 0.0688. The van der Waals surface area contributed by atoms with Gasteiger partial charge in [0.2, 0.25) is 0 Å². The third-order valence-electron chi connectivity index (χ3n) is 4.16. The number of carbonyl (C=O) groups is 1. The minimum absolute atomic E-state index is 0.0298. The molecule has 0 spiro atoms. The van der Waals surface area contributed by atoms with E-state index in [4.69, 9.17) is 0 Å². The van der Waals surface area contributed by atoms with E-state index in [1.165, 1.54) is 5.56 Å². The van der Waals surface area contributed by atoms with Crippen molar-refractivity contribution >= 4 is 21.9 Å². The first kappa shape index (κ1) is 14.2. The maximum Gasteiger partial charge on any atom is 0.355 e. The van der Waals surface area contributed by atoms with Gasteiger partial charge in [-0.15, -0.1) is 0 Å². The molecule has 0 unspecified atom stereocenters. The predicted molar refractivity (Wildman–Crippen MR) is 82.4 cm³/mol. The van der Waals surface area contributed by atoms with E-state index in [0.717, 1.165) is 25.7 Å². The smallest absolute Gasteiger partial charge is 0.355 e. The average Bonchev–Trinajstić information content (AvgIpc) is 2.99. The van der Waals surface area contributed by atoms with Gasteiger partial charge in [0.05, 0.1) is 9.89 Å². The first-order valence-electron chi connectivity index (χ1n) is 6.95. The van der Waals surface area contributed by atoms with Crippen LogP contribution in [0.5, 0.6) is 0 Å². The number of carboxylic acids is 1. The first-order valence-corrected chi connectivity index (χ1v) is 7.75. The molecule has 108 valence electrons. The number of halogens is 1. The number of nitrogens with zero attached hydrogens (tertiary/aromatic N) is 2. The van der Waals surface area contributed by atoms with E-state index in [9.17, 15) is 9.90 Å². The van der Waals surface area contributed by atoms with Crippen molar-refractivity contribution in [1.29, 1.82) is 0 Å². The molecule has 0 bridgehead atoms. The number of aromatic carboxylic acids is 1. The van der Waals surface area contributed by atoms with E-state index in [1.807, 2.05) is 18.2 Å². The second-order valence-electron chi connectivity index (χ2n) is 5.35. The molecule has 5 heteroatoms. The Morgan fingerprint density at radius 2 is 1.86 bits per heavy atom. The van der Waals surface area contributed by atoms with Gasteiger partial charge in [-0.1, -0.05) is 43.2 Å². The first-order chi connectivity index (χ1) is 10.1. The molecule has 4 nitrogen and oxygen atoms in total. The zero-order valence-electron chi connectivity index (χ0n) is 11.4. The Bertz CT molecular complexity index is 667. The third kappa shape index (κ3) is 2.46. The zero-order chi connectivity index (χ0) is 14.9. The SMILES string of the molecule is O=C(O)c1nc(C2(c3ccccc3)CCCC2)ncc1Br. The van der Waals surface area contributed by atoms with Crippen LogP contribution in [0.3, 0.4) is 0 Å². The van der Waals surface area contributed by atoms with E-state index in [1.54, 1.807) is 6.20 Å². The summed E-state index contributed by atoms with van der Waals surface area (Å²) in [4.78, 5) is 20.1. The average molecular weight is 347 g/mol. The van der Waals surface area contributed by atoms with Crippen LogP contribution in [-0.4, -0.2) is 21.0 Å². The summed E-state index contributed by atoms with van der Waals surface area (Å²) >= 11 is 3.21. The van der Waals surface area contributed by atoms with Gasteiger partial charge in [0.1, 0.15) is 5.82 Å². The molecule has 1 aromatic heterocycles. The molecule has 1 saturated carbocycles. The molecule has 2 aromatic rings. The summed E-state index contributed by atoms with van der Waals surface area (Å²) in [5.41, 5.74) is 0.940. The fourth-order valence-electron chi connectivity index (χ4n) is 3.12. The minimum Gasteiger partial charge on any atom is -0.476 e. The van der Waals surface area contributed by atoms with E-state index in [-0.39, 0.29) is 11.1 Å². The summed E-state index contributed by atoms with van der Waals surface area (Å²) in [6.07, 6.45) is 5.68. The second kappa shape index (κ2) is 5.56.